The Hall–Kier alpha value is -3.95. The molecule has 27 heavy (non-hydrogen) atoms. The minimum absolute atomic E-state index is 0.138. The Kier molecular flexibility index (Phi) is 4.35. The summed E-state index contributed by atoms with van der Waals surface area (Å²) in [6.45, 7) is -0.103. The number of rotatable bonds is 4. The zero-order valence-electron chi connectivity index (χ0n) is 14.0. The van der Waals surface area contributed by atoms with Crippen molar-refractivity contribution in [3.63, 3.8) is 0 Å². The summed E-state index contributed by atoms with van der Waals surface area (Å²) >= 11 is 0. The molecule has 3 aromatic rings. The van der Waals surface area contributed by atoms with Crippen LogP contribution in [0.5, 0.6) is 11.5 Å². The van der Waals surface area contributed by atoms with Gasteiger partial charge in [-0.2, -0.15) is 4.80 Å². The summed E-state index contributed by atoms with van der Waals surface area (Å²) in [4.78, 5) is 25.1. The van der Waals surface area contributed by atoms with Gasteiger partial charge in [-0.1, -0.05) is 30.3 Å². The molecule has 136 valence electrons. The first-order valence-corrected chi connectivity index (χ1v) is 8.01. The standard InChI is InChI=1S/C17H14N6O4/c24-15(9-23-21-16(20-22-23)11-4-2-1-3-5-11)19-17(25)18-12-6-7-13-14(8-12)27-10-26-13/h1-8H,9-10H2,(H2,18,19,24,25). The number of tetrazole rings is 1. The van der Waals surface area contributed by atoms with E-state index < -0.39 is 11.9 Å². The molecule has 0 saturated carbocycles. The number of hydrogen-bond donors (Lipinski definition) is 2. The van der Waals surface area contributed by atoms with Crippen LogP contribution in [0.4, 0.5) is 10.5 Å². The molecule has 0 radical (unpaired) electrons. The smallest absolute Gasteiger partial charge is 0.325 e. The molecular formula is C17H14N6O4. The number of hydrogen-bond acceptors (Lipinski definition) is 7. The fraction of sp³-hybridized carbons (Fsp3) is 0.118. The van der Waals surface area contributed by atoms with Crippen LogP contribution in [0, 0.1) is 0 Å². The van der Waals surface area contributed by atoms with Crippen molar-refractivity contribution in [2.24, 2.45) is 0 Å². The lowest BCUT2D eigenvalue weighted by Crippen LogP contribution is -2.37. The van der Waals surface area contributed by atoms with Crippen LogP contribution in [-0.2, 0) is 11.3 Å². The van der Waals surface area contributed by atoms with Crippen molar-refractivity contribution in [3.05, 3.63) is 48.5 Å². The Balaban J connectivity index is 1.33. The van der Waals surface area contributed by atoms with Gasteiger partial charge in [0.05, 0.1) is 0 Å². The molecule has 0 fully saturated rings. The van der Waals surface area contributed by atoms with Crippen molar-refractivity contribution in [3.8, 4) is 22.9 Å². The zero-order valence-corrected chi connectivity index (χ0v) is 14.0. The van der Waals surface area contributed by atoms with Gasteiger partial charge in [0.15, 0.2) is 11.5 Å². The molecule has 0 unspecified atom stereocenters. The normalized spacial score (nSPS) is 11.9. The number of nitrogens with zero attached hydrogens (tertiary/aromatic N) is 4. The van der Waals surface area contributed by atoms with E-state index in [9.17, 15) is 9.59 Å². The van der Waals surface area contributed by atoms with E-state index in [1.165, 1.54) is 0 Å². The number of ether oxygens (including phenoxy) is 2. The van der Waals surface area contributed by atoms with E-state index in [4.69, 9.17) is 9.47 Å². The molecule has 0 spiro atoms. The van der Waals surface area contributed by atoms with Gasteiger partial charge >= 0.3 is 6.03 Å². The second kappa shape index (κ2) is 7.12. The number of aromatic nitrogens is 4. The van der Waals surface area contributed by atoms with Crippen LogP contribution in [0.25, 0.3) is 11.4 Å². The van der Waals surface area contributed by atoms with Crippen molar-refractivity contribution >= 4 is 17.6 Å². The highest BCUT2D eigenvalue weighted by molar-refractivity contribution is 6.01. The van der Waals surface area contributed by atoms with Gasteiger partial charge in [-0.3, -0.25) is 10.1 Å². The fourth-order valence-electron chi connectivity index (χ4n) is 2.44. The van der Waals surface area contributed by atoms with Crippen molar-refractivity contribution < 1.29 is 19.1 Å². The number of imide groups is 1. The number of fused-ring (bicyclic) bond motifs is 1. The molecule has 0 aliphatic carbocycles. The molecule has 2 aromatic carbocycles. The average molecular weight is 366 g/mol. The number of anilines is 1. The second-order valence-corrected chi connectivity index (χ2v) is 5.58. The number of urea groups is 1. The molecule has 2 N–H and O–H groups in total. The van der Waals surface area contributed by atoms with E-state index in [2.05, 4.69) is 26.0 Å². The number of amides is 3. The van der Waals surface area contributed by atoms with Crippen LogP contribution in [0.15, 0.2) is 48.5 Å². The highest BCUT2D eigenvalue weighted by Crippen LogP contribution is 2.34. The topological polar surface area (TPSA) is 120 Å². The van der Waals surface area contributed by atoms with E-state index in [1.807, 2.05) is 30.3 Å². The van der Waals surface area contributed by atoms with Crippen molar-refractivity contribution in [1.29, 1.82) is 0 Å². The van der Waals surface area contributed by atoms with Crippen LogP contribution in [-0.4, -0.2) is 38.9 Å². The molecular weight excluding hydrogens is 352 g/mol. The molecule has 10 nitrogen and oxygen atoms in total. The summed E-state index contributed by atoms with van der Waals surface area (Å²) < 4.78 is 10.4. The predicted octanol–water partition coefficient (Wildman–Crippen LogP) is 1.42. The van der Waals surface area contributed by atoms with Gasteiger partial charge in [-0.15, -0.1) is 10.2 Å². The van der Waals surface area contributed by atoms with Crippen molar-refractivity contribution in [2.45, 2.75) is 6.54 Å². The Morgan fingerprint density at radius 1 is 1.07 bits per heavy atom. The van der Waals surface area contributed by atoms with E-state index in [1.54, 1.807) is 18.2 Å². The lowest BCUT2D eigenvalue weighted by molar-refractivity contribution is -0.120. The van der Waals surface area contributed by atoms with Crippen LogP contribution in [0.1, 0.15) is 0 Å². The van der Waals surface area contributed by atoms with E-state index in [0.717, 1.165) is 10.4 Å². The van der Waals surface area contributed by atoms with Gasteiger partial charge in [0.25, 0.3) is 5.91 Å². The van der Waals surface area contributed by atoms with Gasteiger partial charge in [0, 0.05) is 17.3 Å². The minimum atomic E-state index is -0.678. The molecule has 10 heteroatoms. The second-order valence-electron chi connectivity index (χ2n) is 5.58. The molecule has 1 aliphatic heterocycles. The first kappa shape index (κ1) is 16.5. The van der Waals surface area contributed by atoms with Gasteiger partial charge in [0.2, 0.25) is 12.6 Å². The summed E-state index contributed by atoms with van der Waals surface area (Å²) in [5.41, 5.74) is 1.25. The lowest BCUT2D eigenvalue weighted by atomic mass is 10.2. The summed E-state index contributed by atoms with van der Waals surface area (Å²) in [6, 6.07) is 13.5. The Labute approximate surface area is 153 Å². The third-order valence-corrected chi connectivity index (χ3v) is 3.65. The van der Waals surface area contributed by atoms with Gasteiger partial charge < -0.3 is 14.8 Å². The Morgan fingerprint density at radius 2 is 1.89 bits per heavy atom. The fourth-order valence-corrected chi connectivity index (χ4v) is 2.44. The molecule has 0 bridgehead atoms. The maximum Gasteiger partial charge on any atom is 0.325 e. The number of benzene rings is 2. The summed E-state index contributed by atoms with van der Waals surface area (Å²) in [7, 11) is 0. The van der Waals surface area contributed by atoms with Gasteiger partial charge in [0.1, 0.15) is 6.54 Å². The van der Waals surface area contributed by atoms with Crippen molar-refractivity contribution in [2.75, 3.05) is 12.1 Å². The number of carbonyl (C=O) groups is 2. The lowest BCUT2D eigenvalue weighted by Gasteiger charge is -2.07. The molecule has 0 saturated heterocycles. The Bertz CT molecular complexity index is 988. The van der Waals surface area contributed by atoms with E-state index >= 15 is 0 Å². The molecule has 3 amide bonds. The largest absolute Gasteiger partial charge is 0.454 e. The van der Waals surface area contributed by atoms with Crippen LogP contribution >= 0.6 is 0 Å². The first-order valence-electron chi connectivity index (χ1n) is 8.01. The highest BCUT2D eigenvalue weighted by Gasteiger charge is 2.15. The Morgan fingerprint density at radius 3 is 2.74 bits per heavy atom. The van der Waals surface area contributed by atoms with E-state index in [0.29, 0.717) is 23.0 Å². The summed E-state index contributed by atoms with van der Waals surface area (Å²) in [5, 5.41) is 16.6. The van der Waals surface area contributed by atoms with Gasteiger partial charge in [-0.25, -0.2) is 4.79 Å². The number of nitrogens with one attached hydrogen (secondary N) is 2. The van der Waals surface area contributed by atoms with Crippen LogP contribution in [0.2, 0.25) is 0 Å². The third-order valence-electron chi connectivity index (χ3n) is 3.65. The molecule has 0 atom stereocenters. The molecule has 1 aliphatic rings. The van der Waals surface area contributed by atoms with Gasteiger partial charge in [-0.05, 0) is 17.3 Å². The SMILES string of the molecule is O=C(Cn1nnc(-c2ccccc2)n1)NC(=O)Nc1ccc2c(c1)OCO2. The maximum absolute atomic E-state index is 12.0. The summed E-state index contributed by atoms with van der Waals surface area (Å²) in [5.74, 6) is 0.946. The molecule has 1 aromatic heterocycles. The maximum atomic E-state index is 12.0. The minimum Gasteiger partial charge on any atom is -0.454 e. The zero-order chi connectivity index (χ0) is 18.6. The average Bonchev–Trinajstić information content (AvgIpc) is 3.31. The highest BCUT2D eigenvalue weighted by atomic mass is 16.7. The third kappa shape index (κ3) is 3.84. The molecule has 4 rings (SSSR count). The summed E-state index contributed by atoms with van der Waals surface area (Å²) in [6.07, 6.45) is 0. The predicted molar refractivity (Wildman–Crippen MR) is 93.0 cm³/mol. The monoisotopic (exact) mass is 366 g/mol. The van der Waals surface area contributed by atoms with Crippen LogP contribution in [0.3, 0.4) is 0 Å². The quantitative estimate of drug-likeness (QED) is 0.716. The van der Waals surface area contributed by atoms with E-state index in [-0.39, 0.29) is 13.3 Å². The molecule has 2 heterocycles. The van der Waals surface area contributed by atoms with Crippen molar-refractivity contribution in [1.82, 2.24) is 25.5 Å². The van der Waals surface area contributed by atoms with Crippen LogP contribution < -0.4 is 20.1 Å². The number of carbonyl (C=O) groups excluding carboxylic acids is 2. The first-order chi connectivity index (χ1) is 13.2.